The fraction of sp³-hybridized carbons (Fsp3) is 0.692. The number of rotatable bonds is 6. The molecule has 1 aromatic rings. The Morgan fingerprint density at radius 3 is 3.12 bits per heavy atom. The Morgan fingerprint density at radius 2 is 2.41 bits per heavy atom. The van der Waals surface area contributed by atoms with Gasteiger partial charge in [-0.2, -0.15) is 0 Å². The van der Waals surface area contributed by atoms with Crippen molar-refractivity contribution in [2.24, 2.45) is 5.92 Å². The van der Waals surface area contributed by atoms with E-state index in [1.165, 1.54) is 5.56 Å². The molecule has 17 heavy (non-hydrogen) atoms. The zero-order valence-electron chi connectivity index (χ0n) is 10.6. The van der Waals surface area contributed by atoms with E-state index in [-0.39, 0.29) is 0 Å². The summed E-state index contributed by atoms with van der Waals surface area (Å²) in [6, 6.07) is 2.05. The minimum absolute atomic E-state index is 0.557. The Morgan fingerprint density at radius 1 is 1.53 bits per heavy atom. The zero-order valence-corrected chi connectivity index (χ0v) is 10.6. The molecule has 0 amide bonds. The number of hydrogen-bond acceptors (Lipinski definition) is 4. The van der Waals surface area contributed by atoms with Gasteiger partial charge < -0.3 is 19.2 Å². The first-order chi connectivity index (χ1) is 8.29. The van der Waals surface area contributed by atoms with E-state index >= 15 is 0 Å². The average molecular weight is 239 g/mol. The van der Waals surface area contributed by atoms with Gasteiger partial charge in [0.2, 0.25) is 0 Å². The predicted octanol–water partition coefficient (Wildman–Crippen LogP) is 1.86. The summed E-state index contributed by atoms with van der Waals surface area (Å²) in [6.07, 6.45) is 1.11. The summed E-state index contributed by atoms with van der Waals surface area (Å²) in [7, 11) is 1.91. The highest BCUT2D eigenvalue weighted by Crippen LogP contribution is 2.17. The van der Waals surface area contributed by atoms with Crippen molar-refractivity contribution in [3.63, 3.8) is 0 Å². The fourth-order valence-electron chi connectivity index (χ4n) is 2.04. The van der Waals surface area contributed by atoms with Gasteiger partial charge in [0.15, 0.2) is 0 Å². The van der Waals surface area contributed by atoms with E-state index in [1.807, 2.05) is 7.05 Å². The summed E-state index contributed by atoms with van der Waals surface area (Å²) in [5.41, 5.74) is 1.18. The maximum atomic E-state index is 5.70. The molecule has 1 aliphatic rings. The highest BCUT2D eigenvalue weighted by Gasteiger charge is 2.16. The number of furan rings is 1. The molecule has 1 N–H and O–H groups in total. The summed E-state index contributed by atoms with van der Waals surface area (Å²) < 4.78 is 16.7. The van der Waals surface area contributed by atoms with E-state index < -0.39 is 0 Å². The first kappa shape index (κ1) is 12.6. The van der Waals surface area contributed by atoms with E-state index in [9.17, 15) is 0 Å². The second-order valence-corrected chi connectivity index (χ2v) is 4.59. The van der Waals surface area contributed by atoms with Crippen LogP contribution >= 0.6 is 0 Å². The van der Waals surface area contributed by atoms with E-state index in [0.29, 0.717) is 12.5 Å². The standard InChI is InChI=1S/C13H21NO3/c1-10-5-12(17-13(10)6-14-2)9-16-8-11-3-4-15-7-11/h5,11,14H,3-4,6-9H2,1-2H3. The molecular formula is C13H21NO3. The van der Waals surface area contributed by atoms with Crippen LogP contribution in [-0.2, 0) is 22.6 Å². The zero-order chi connectivity index (χ0) is 12.1. The second-order valence-electron chi connectivity index (χ2n) is 4.59. The quantitative estimate of drug-likeness (QED) is 0.823. The second kappa shape index (κ2) is 6.19. The van der Waals surface area contributed by atoms with Crippen molar-refractivity contribution in [3.8, 4) is 0 Å². The van der Waals surface area contributed by atoms with Crippen molar-refractivity contribution in [1.82, 2.24) is 5.32 Å². The molecule has 0 spiro atoms. The lowest BCUT2D eigenvalue weighted by molar-refractivity contribution is 0.0685. The molecule has 1 atom stereocenters. The van der Waals surface area contributed by atoms with Gasteiger partial charge in [-0.25, -0.2) is 0 Å². The van der Waals surface area contributed by atoms with Crippen LogP contribution < -0.4 is 5.32 Å². The van der Waals surface area contributed by atoms with Gasteiger partial charge in [0.25, 0.3) is 0 Å². The Kier molecular flexibility index (Phi) is 4.59. The van der Waals surface area contributed by atoms with Crippen LogP contribution in [0.3, 0.4) is 0 Å². The Labute approximate surface area is 102 Å². The summed E-state index contributed by atoms with van der Waals surface area (Å²) in [5, 5.41) is 3.09. The number of aryl methyl sites for hydroxylation is 1. The molecule has 1 aliphatic heterocycles. The van der Waals surface area contributed by atoms with Gasteiger partial charge in [0.05, 0.1) is 19.8 Å². The Hall–Kier alpha value is -0.840. The third kappa shape index (κ3) is 3.56. The smallest absolute Gasteiger partial charge is 0.130 e. The monoisotopic (exact) mass is 239 g/mol. The molecule has 0 saturated carbocycles. The summed E-state index contributed by atoms with van der Waals surface area (Å²) in [6.45, 7) is 5.86. The third-order valence-corrected chi connectivity index (χ3v) is 3.03. The lowest BCUT2D eigenvalue weighted by atomic mass is 10.1. The van der Waals surface area contributed by atoms with Gasteiger partial charge in [0.1, 0.15) is 18.1 Å². The first-order valence-electron chi connectivity index (χ1n) is 6.18. The predicted molar refractivity (Wildman–Crippen MR) is 64.8 cm³/mol. The largest absolute Gasteiger partial charge is 0.462 e. The van der Waals surface area contributed by atoms with Crippen LogP contribution in [0.15, 0.2) is 10.5 Å². The van der Waals surface area contributed by atoms with Gasteiger partial charge in [0, 0.05) is 12.5 Å². The van der Waals surface area contributed by atoms with Crippen LogP contribution in [0.4, 0.5) is 0 Å². The van der Waals surface area contributed by atoms with Gasteiger partial charge in [-0.15, -0.1) is 0 Å². The van der Waals surface area contributed by atoms with E-state index in [2.05, 4.69) is 18.3 Å². The van der Waals surface area contributed by atoms with Gasteiger partial charge in [-0.05, 0) is 32.0 Å². The van der Waals surface area contributed by atoms with Crippen LogP contribution in [0.2, 0.25) is 0 Å². The van der Waals surface area contributed by atoms with Crippen LogP contribution in [0.1, 0.15) is 23.5 Å². The van der Waals surface area contributed by atoms with E-state index in [1.54, 1.807) is 0 Å². The van der Waals surface area contributed by atoms with Crippen molar-refractivity contribution in [1.29, 1.82) is 0 Å². The van der Waals surface area contributed by atoms with Crippen LogP contribution in [0.25, 0.3) is 0 Å². The van der Waals surface area contributed by atoms with E-state index in [0.717, 1.165) is 44.3 Å². The lowest BCUT2D eigenvalue weighted by Gasteiger charge is -2.06. The molecule has 1 aromatic heterocycles. The maximum absolute atomic E-state index is 5.70. The van der Waals surface area contributed by atoms with Crippen LogP contribution in [-0.4, -0.2) is 26.9 Å². The number of nitrogens with one attached hydrogen (secondary N) is 1. The molecular weight excluding hydrogens is 218 g/mol. The molecule has 2 heterocycles. The number of ether oxygens (including phenoxy) is 2. The topological polar surface area (TPSA) is 43.6 Å². The molecule has 1 saturated heterocycles. The molecule has 2 rings (SSSR count). The SMILES string of the molecule is CNCc1oc(COCC2CCOC2)cc1C. The van der Waals surface area contributed by atoms with E-state index in [4.69, 9.17) is 13.9 Å². The van der Waals surface area contributed by atoms with Crippen LogP contribution in [0, 0.1) is 12.8 Å². The Bertz CT molecular complexity index is 342. The molecule has 0 aromatic carbocycles. The molecule has 96 valence electrons. The fourth-order valence-corrected chi connectivity index (χ4v) is 2.04. The summed E-state index contributed by atoms with van der Waals surface area (Å²) >= 11 is 0. The van der Waals surface area contributed by atoms with Gasteiger partial charge >= 0.3 is 0 Å². The molecule has 0 radical (unpaired) electrons. The summed E-state index contributed by atoms with van der Waals surface area (Å²) in [4.78, 5) is 0. The molecule has 0 aliphatic carbocycles. The molecule has 4 nitrogen and oxygen atoms in total. The van der Waals surface area contributed by atoms with Crippen LogP contribution in [0.5, 0.6) is 0 Å². The van der Waals surface area contributed by atoms with Gasteiger partial charge in [-0.1, -0.05) is 0 Å². The highest BCUT2D eigenvalue weighted by molar-refractivity contribution is 5.19. The normalized spacial score (nSPS) is 20.0. The minimum Gasteiger partial charge on any atom is -0.462 e. The minimum atomic E-state index is 0.557. The van der Waals surface area contributed by atoms with Gasteiger partial charge in [-0.3, -0.25) is 0 Å². The molecule has 0 bridgehead atoms. The summed E-state index contributed by atoms with van der Waals surface area (Å²) in [5.74, 6) is 2.46. The average Bonchev–Trinajstić information content (AvgIpc) is 2.91. The van der Waals surface area contributed by atoms with Crippen molar-refractivity contribution >= 4 is 0 Å². The molecule has 4 heteroatoms. The van der Waals surface area contributed by atoms with Crippen molar-refractivity contribution in [3.05, 3.63) is 23.2 Å². The highest BCUT2D eigenvalue weighted by atomic mass is 16.5. The lowest BCUT2D eigenvalue weighted by Crippen LogP contribution is -2.08. The van der Waals surface area contributed by atoms with Crippen molar-refractivity contribution in [2.45, 2.75) is 26.5 Å². The molecule has 1 unspecified atom stereocenters. The third-order valence-electron chi connectivity index (χ3n) is 3.03. The Balaban J connectivity index is 1.76. The maximum Gasteiger partial charge on any atom is 0.130 e. The van der Waals surface area contributed by atoms with Crippen molar-refractivity contribution < 1.29 is 13.9 Å². The first-order valence-corrected chi connectivity index (χ1v) is 6.18. The number of hydrogen-bond donors (Lipinski definition) is 1. The molecule has 1 fully saturated rings. The van der Waals surface area contributed by atoms with Crippen molar-refractivity contribution in [2.75, 3.05) is 26.9 Å².